The smallest absolute Gasteiger partial charge is 0.387 e. The number of ether oxygens (including phenoxy) is 2. The van der Waals surface area contributed by atoms with Gasteiger partial charge in [-0.05, 0) is 36.4 Å². The van der Waals surface area contributed by atoms with Gasteiger partial charge in [0, 0.05) is 21.7 Å². The summed E-state index contributed by atoms with van der Waals surface area (Å²) in [5.74, 6) is -1.37. The number of hydrogen-bond acceptors (Lipinski definition) is 6. The molecule has 150 valence electrons. The van der Waals surface area contributed by atoms with Crippen LogP contribution in [0.3, 0.4) is 0 Å². The van der Waals surface area contributed by atoms with Gasteiger partial charge in [0.25, 0.3) is 5.91 Å². The predicted molar refractivity (Wildman–Crippen MR) is 105 cm³/mol. The van der Waals surface area contributed by atoms with Crippen LogP contribution in [0.1, 0.15) is 10.5 Å². The van der Waals surface area contributed by atoms with Gasteiger partial charge in [0.1, 0.15) is 10.8 Å². The molecule has 0 aliphatic carbocycles. The zero-order valence-electron chi connectivity index (χ0n) is 14.6. The van der Waals surface area contributed by atoms with Crippen LogP contribution in [-0.2, 0) is 9.53 Å². The number of hydrogen-bond donors (Lipinski definition) is 1. The summed E-state index contributed by atoms with van der Waals surface area (Å²) in [5, 5.41) is 5.21. The first-order valence-electron chi connectivity index (χ1n) is 8.14. The highest BCUT2D eigenvalue weighted by molar-refractivity contribution is 7.13. The lowest BCUT2D eigenvalue weighted by molar-refractivity contribution is -0.119. The SMILES string of the molecule is O=C(COC(=O)c1csc(-c2ccc(Cl)cc2)n1)Nc1ccc(OC(F)F)cc1. The fraction of sp³-hybridized carbons (Fsp3) is 0.105. The number of esters is 1. The van der Waals surface area contributed by atoms with Crippen LogP contribution in [0.15, 0.2) is 53.9 Å². The van der Waals surface area contributed by atoms with Crippen LogP contribution in [0.25, 0.3) is 10.6 Å². The van der Waals surface area contributed by atoms with Crippen molar-refractivity contribution in [1.82, 2.24) is 4.98 Å². The highest BCUT2D eigenvalue weighted by Crippen LogP contribution is 2.25. The van der Waals surface area contributed by atoms with Crippen molar-refractivity contribution in [2.45, 2.75) is 6.61 Å². The van der Waals surface area contributed by atoms with E-state index in [1.165, 1.54) is 41.0 Å². The number of carbonyl (C=O) groups excluding carboxylic acids is 2. The highest BCUT2D eigenvalue weighted by atomic mass is 35.5. The number of nitrogens with one attached hydrogen (secondary N) is 1. The Morgan fingerprint density at radius 3 is 2.45 bits per heavy atom. The minimum Gasteiger partial charge on any atom is -0.451 e. The van der Waals surface area contributed by atoms with E-state index in [1.807, 2.05) is 0 Å². The zero-order valence-corrected chi connectivity index (χ0v) is 16.2. The van der Waals surface area contributed by atoms with Gasteiger partial charge in [-0.2, -0.15) is 8.78 Å². The highest BCUT2D eigenvalue weighted by Gasteiger charge is 2.15. The molecule has 0 saturated carbocycles. The molecule has 2 aromatic carbocycles. The predicted octanol–water partition coefficient (Wildman–Crippen LogP) is 4.86. The average molecular weight is 439 g/mol. The monoisotopic (exact) mass is 438 g/mol. The van der Waals surface area contributed by atoms with E-state index in [9.17, 15) is 18.4 Å². The molecule has 0 aliphatic rings. The summed E-state index contributed by atoms with van der Waals surface area (Å²) < 4.78 is 33.4. The Morgan fingerprint density at radius 1 is 1.10 bits per heavy atom. The minimum absolute atomic E-state index is 0.0375. The van der Waals surface area contributed by atoms with Crippen LogP contribution in [0.4, 0.5) is 14.5 Å². The second-order valence-corrected chi connectivity index (χ2v) is 6.87. The van der Waals surface area contributed by atoms with Gasteiger partial charge in [0.2, 0.25) is 0 Å². The first-order valence-corrected chi connectivity index (χ1v) is 9.40. The summed E-state index contributed by atoms with van der Waals surface area (Å²) in [6.45, 7) is -3.46. The summed E-state index contributed by atoms with van der Waals surface area (Å²) in [4.78, 5) is 28.2. The Bertz CT molecular complexity index is 994. The average Bonchev–Trinajstić information content (AvgIpc) is 3.18. The van der Waals surface area contributed by atoms with E-state index in [-0.39, 0.29) is 11.4 Å². The fourth-order valence-corrected chi connectivity index (χ4v) is 3.14. The van der Waals surface area contributed by atoms with E-state index in [0.717, 1.165) is 5.56 Å². The summed E-state index contributed by atoms with van der Waals surface area (Å²) in [7, 11) is 0. The lowest BCUT2D eigenvalue weighted by atomic mass is 10.2. The molecule has 0 atom stereocenters. The second-order valence-electron chi connectivity index (χ2n) is 5.57. The maximum Gasteiger partial charge on any atom is 0.387 e. The van der Waals surface area contributed by atoms with Crippen LogP contribution in [0.5, 0.6) is 5.75 Å². The Kier molecular flexibility index (Phi) is 6.73. The molecule has 1 amide bonds. The number of nitrogens with zero attached hydrogens (tertiary/aromatic N) is 1. The molecule has 0 bridgehead atoms. The molecule has 6 nitrogen and oxygen atoms in total. The van der Waals surface area contributed by atoms with Crippen LogP contribution in [-0.4, -0.2) is 30.1 Å². The number of anilines is 1. The van der Waals surface area contributed by atoms with Gasteiger partial charge in [-0.15, -0.1) is 11.3 Å². The van der Waals surface area contributed by atoms with E-state index in [1.54, 1.807) is 24.3 Å². The van der Waals surface area contributed by atoms with Gasteiger partial charge in [-0.3, -0.25) is 4.79 Å². The van der Waals surface area contributed by atoms with E-state index in [2.05, 4.69) is 15.0 Å². The van der Waals surface area contributed by atoms with Crippen molar-refractivity contribution in [3.63, 3.8) is 0 Å². The van der Waals surface area contributed by atoms with Crippen molar-refractivity contribution in [1.29, 1.82) is 0 Å². The molecule has 1 N–H and O–H groups in total. The third-order valence-corrected chi connectivity index (χ3v) is 4.65. The Balaban J connectivity index is 1.51. The van der Waals surface area contributed by atoms with Gasteiger partial charge >= 0.3 is 12.6 Å². The summed E-state index contributed by atoms with van der Waals surface area (Å²) in [6, 6.07) is 12.3. The normalized spacial score (nSPS) is 10.6. The Hall–Kier alpha value is -3.04. The Morgan fingerprint density at radius 2 is 1.79 bits per heavy atom. The van der Waals surface area contributed by atoms with E-state index in [4.69, 9.17) is 16.3 Å². The molecule has 1 aromatic heterocycles. The fourth-order valence-electron chi connectivity index (χ4n) is 2.21. The van der Waals surface area contributed by atoms with Gasteiger partial charge in [-0.25, -0.2) is 9.78 Å². The summed E-state index contributed by atoms with van der Waals surface area (Å²) in [5.41, 5.74) is 1.23. The molecule has 0 spiro atoms. The first-order chi connectivity index (χ1) is 13.9. The van der Waals surface area contributed by atoms with E-state index in [0.29, 0.717) is 15.7 Å². The van der Waals surface area contributed by atoms with Crippen molar-refractivity contribution in [2.24, 2.45) is 0 Å². The Labute approximate surface area is 173 Å². The number of rotatable bonds is 7. The molecule has 0 aliphatic heterocycles. The van der Waals surface area contributed by atoms with Gasteiger partial charge in [0.05, 0.1) is 0 Å². The number of aromatic nitrogens is 1. The standard InChI is InChI=1S/C19H13ClF2N2O4S/c20-12-3-1-11(2-4-12)17-24-15(10-29-17)18(26)27-9-16(25)23-13-5-7-14(8-6-13)28-19(21)22/h1-8,10,19H,9H2,(H,23,25). The molecule has 10 heteroatoms. The third-order valence-electron chi connectivity index (χ3n) is 3.50. The lowest BCUT2D eigenvalue weighted by Crippen LogP contribution is -2.21. The molecule has 3 aromatic rings. The van der Waals surface area contributed by atoms with Gasteiger partial charge in [-0.1, -0.05) is 23.7 Å². The largest absolute Gasteiger partial charge is 0.451 e. The van der Waals surface area contributed by atoms with Crippen molar-refractivity contribution >= 4 is 40.5 Å². The summed E-state index contributed by atoms with van der Waals surface area (Å²) >= 11 is 7.10. The molecule has 0 unspecified atom stereocenters. The van der Waals surface area contributed by atoms with E-state index < -0.39 is 25.1 Å². The van der Waals surface area contributed by atoms with Crippen molar-refractivity contribution in [3.05, 3.63) is 64.6 Å². The maximum atomic E-state index is 12.1. The molecule has 0 fully saturated rings. The van der Waals surface area contributed by atoms with Crippen molar-refractivity contribution in [2.75, 3.05) is 11.9 Å². The minimum atomic E-state index is -2.93. The van der Waals surface area contributed by atoms with Crippen LogP contribution >= 0.6 is 22.9 Å². The van der Waals surface area contributed by atoms with Gasteiger partial charge in [0.15, 0.2) is 12.3 Å². The number of amides is 1. The number of carbonyl (C=O) groups is 2. The molecule has 0 radical (unpaired) electrons. The molecular weight excluding hydrogens is 426 g/mol. The quantitative estimate of drug-likeness (QED) is 0.533. The van der Waals surface area contributed by atoms with Crippen molar-refractivity contribution in [3.8, 4) is 16.3 Å². The van der Waals surface area contributed by atoms with Crippen LogP contribution < -0.4 is 10.1 Å². The second kappa shape index (κ2) is 9.44. The number of halogens is 3. The third kappa shape index (κ3) is 5.97. The molecule has 29 heavy (non-hydrogen) atoms. The first kappa shape index (κ1) is 20.7. The van der Waals surface area contributed by atoms with Gasteiger partial charge < -0.3 is 14.8 Å². The van der Waals surface area contributed by atoms with E-state index >= 15 is 0 Å². The zero-order chi connectivity index (χ0) is 20.8. The molecule has 0 saturated heterocycles. The topological polar surface area (TPSA) is 77.5 Å². The molecular formula is C19H13ClF2N2O4S. The number of thiazole rings is 1. The maximum absolute atomic E-state index is 12.1. The lowest BCUT2D eigenvalue weighted by Gasteiger charge is -2.07. The molecule has 3 rings (SSSR count). The van der Waals surface area contributed by atoms with Crippen molar-refractivity contribution < 1.29 is 27.8 Å². The number of benzene rings is 2. The van der Waals surface area contributed by atoms with Crippen LogP contribution in [0.2, 0.25) is 5.02 Å². The van der Waals surface area contributed by atoms with Crippen LogP contribution in [0, 0.1) is 0 Å². The summed E-state index contributed by atoms with van der Waals surface area (Å²) in [6.07, 6.45) is 0. The number of alkyl halides is 2. The molecule has 1 heterocycles.